The summed E-state index contributed by atoms with van der Waals surface area (Å²) in [7, 11) is 1.80. The highest BCUT2D eigenvalue weighted by Crippen LogP contribution is 2.38. The third kappa shape index (κ3) is 5.96. The normalized spacial score (nSPS) is 15.8. The van der Waals surface area contributed by atoms with Crippen LogP contribution in [0, 0.1) is 5.92 Å². The average molecular weight is 485 g/mol. The highest BCUT2D eigenvalue weighted by molar-refractivity contribution is 5.80. The lowest BCUT2D eigenvalue weighted by Crippen LogP contribution is -2.41. The molecule has 1 aliphatic heterocycles. The number of fused-ring (bicyclic) bond motifs is 1. The Kier molecular flexibility index (Phi) is 8.09. The highest BCUT2D eigenvalue weighted by Gasteiger charge is 2.32. The van der Waals surface area contributed by atoms with Gasteiger partial charge in [0.05, 0.1) is 6.04 Å². The molecule has 0 fully saturated rings. The van der Waals surface area contributed by atoms with Crippen molar-refractivity contribution in [3.63, 3.8) is 0 Å². The molecule has 188 valence electrons. The molecule has 0 unspecified atom stereocenters. The maximum Gasteiger partial charge on any atom is 0.263 e. The van der Waals surface area contributed by atoms with Crippen molar-refractivity contribution < 1.29 is 14.3 Å². The average Bonchev–Trinajstić information content (AvgIpc) is 2.88. The molecule has 0 saturated carbocycles. The number of carbonyl (C=O) groups is 2. The summed E-state index contributed by atoms with van der Waals surface area (Å²) in [6.45, 7) is 7.16. The number of likely N-dealkylation sites (N-methyl/N-ethyl adjacent to an activating group) is 1. The molecule has 4 rings (SSSR count). The van der Waals surface area contributed by atoms with Gasteiger partial charge in [0.2, 0.25) is 5.91 Å². The number of rotatable bonds is 8. The van der Waals surface area contributed by atoms with Gasteiger partial charge in [0, 0.05) is 26.6 Å². The lowest BCUT2D eigenvalue weighted by Gasteiger charge is -2.38. The van der Waals surface area contributed by atoms with E-state index in [1.54, 1.807) is 18.9 Å². The van der Waals surface area contributed by atoms with Crippen molar-refractivity contribution in [2.75, 3.05) is 13.6 Å². The smallest absolute Gasteiger partial charge is 0.263 e. The van der Waals surface area contributed by atoms with Crippen LogP contribution in [0.1, 0.15) is 55.5 Å². The molecule has 5 heteroatoms. The standard InChI is InChI=1S/C31H36N2O3/c1-22(2)19-29(34)33-18-17-25-15-16-27(20-28(25)30(33)26-13-9-6-10-14-26)36-23(3)31(35)32(4)21-24-11-7-5-8-12-24/h5-16,20,22-23,30H,17-19,21H2,1-4H3/t23-,30+/m0/s1. The summed E-state index contributed by atoms with van der Waals surface area (Å²) in [6.07, 6.45) is 0.694. The quantitative estimate of drug-likeness (QED) is 0.416. The number of carbonyl (C=O) groups excluding carboxylic acids is 2. The monoisotopic (exact) mass is 484 g/mol. The second-order valence-electron chi connectivity index (χ2n) is 10.0. The topological polar surface area (TPSA) is 49.9 Å². The Hall–Kier alpha value is -3.60. The van der Waals surface area contributed by atoms with E-state index in [1.165, 1.54) is 5.56 Å². The molecule has 0 spiro atoms. The van der Waals surface area contributed by atoms with E-state index < -0.39 is 6.10 Å². The van der Waals surface area contributed by atoms with Crippen LogP contribution in [0.25, 0.3) is 0 Å². The molecular weight excluding hydrogens is 448 g/mol. The van der Waals surface area contributed by atoms with Gasteiger partial charge in [-0.1, -0.05) is 80.6 Å². The first-order valence-electron chi connectivity index (χ1n) is 12.8. The Bertz CT molecular complexity index is 1180. The second-order valence-corrected chi connectivity index (χ2v) is 10.0. The van der Waals surface area contributed by atoms with Crippen molar-refractivity contribution in [2.24, 2.45) is 5.92 Å². The molecule has 0 aromatic heterocycles. The molecular formula is C31H36N2O3. The van der Waals surface area contributed by atoms with E-state index in [2.05, 4.69) is 32.0 Å². The summed E-state index contributed by atoms with van der Waals surface area (Å²) in [4.78, 5) is 29.9. The van der Waals surface area contributed by atoms with E-state index in [0.29, 0.717) is 31.2 Å². The Morgan fingerprint density at radius 1 is 0.972 bits per heavy atom. The molecule has 5 nitrogen and oxygen atoms in total. The largest absolute Gasteiger partial charge is 0.481 e. The first-order chi connectivity index (χ1) is 17.3. The number of nitrogens with zero attached hydrogens (tertiary/aromatic N) is 2. The Labute approximate surface area is 214 Å². The fourth-order valence-corrected chi connectivity index (χ4v) is 4.90. The van der Waals surface area contributed by atoms with Gasteiger partial charge in [0.25, 0.3) is 5.91 Å². The molecule has 0 bridgehead atoms. The van der Waals surface area contributed by atoms with Gasteiger partial charge in [-0.3, -0.25) is 9.59 Å². The maximum atomic E-state index is 13.2. The predicted molar refractivity (Wildman–Crippen MR) is 143 cm³/mol. The Morgan fingerprint density at radius 3 is 2.31 bits per heavy atom. The predicted octanol–water partition coefficient (Wildman–Crippen LogP) is 5.63. The number of ether oxygens (including phenoxy) is 1. The zero-order valence-corrected chi connectivity index (χ0v) is 21.7. The first kappa shape index (κ1) is 25.5. The van der Waals surface area contributed by atoms with Gasteiger partial charge in [0.1, 0.15) is 5.75 Å². The van der Waals surface area contributed by atoms with Gasteiger partial charge >= 0.3 is 0 Å². The molecule has 3 aromatic carbocycles. The molecule has 0 N–H and O–H groups in total. The van der Waals surface area contributed by atoms with Crippen LogP contribution in [0.2, 0.25) is 0 Å². The molecule has 2 amide bonds. The van der Waals surface area contributed by atoms with Crippen LogP contribution in [0.15, 0.2) is 78.9 Å². The van der Waals surface area contributed by atoms with Gasteiger partial charge < -0.3 is 14.5 Å². The molecule has 3 aromatic rings. The van der Waals surface area contributed by atoms with Crippen molar-refractivity contribution in [3.05, 3.63) is 101 Å². The van der Waals surface area contributed by atoms with Gasteiger partial charge in [0.15, 0.2) is 6.10 Å². The van der Waals surface area contributed by atoms with Crippen molar-refractivity contribution in [2.45, 2.75) is 52.3 Å². The summed E-state index contributed by atoms with van der Waals surface area (Å²) in [5.74, 6) is 1.03. The molecule has 0 saturated heterocycles. The van der Waals surface area contributed by atoms with Crippen LogP contribution in [-0.4, -0.2) is 41.3 Å². The summed E-state index contributed by atoms with van der Waals surface area (Å²) < 4.78 is 6.15. The van der Waals surface area contributed by atoms with Crippen LogP contribution in [-0.2, 0) is 22.6 Å². The Morgan fingerprint density at radius 2 is 1.64 bits per heavy atom. The maximum absolute atomic E-state index is 13.2. The van der Waals surface area contributed by atoms with Crippen molar-refractivity contribution in [1.82, 2.24) is 9.80 Å². The van der Waals surface area contributed by atoms with Gasteiger partial charge in [-0.25, -0.2) is 0 Å². The van der Waals surface area contributed by atoms with Crippen LogP contribution in [0.5, 0.6) is 5.75 Å². The fraction of sp³-hybridized carbons (Fsp3) is 0.355. The van der Waals surface area contributed by atoms with E-state index in [4.69, 9.17) is 4.74 Å². The number of amides is 2. The molecule has 0 aliphatic carbocycles. The van der Waals surface area contributed by atoms with E-state index >= 15 is 0 Å². The van der Waals surface area contributed by atoms with Crippen LogP contribution >= 0.6 is 0 Å². The fourth-order valence-electron chi connectivity index (χ4n) is 4.90. The molecule has 36 heavy (non-hydrogen) atoms. The van der Waals surface area contributed by atoms with Crippen LogP contribution < -0.4 is 4.74 Å². The van der Waals surface area contributed by atoms with E-state index in [9.17, 15) is 9.59 Å². The zero-order chi connectivity index (χ0) is 25.7. The Balaban J connectivity index is 1.56. The van der Waals surface area contributed by atoms with E-state index in [1.807, 2.05) is 65.6 Å². The van der Waals surface area contributed by atoms with Gasteiger partial charge in [-0.05, 0) is 53.6 Å². The molecule has 2 atom stereocenters. The third-order valence-corrected chi connectivity index (χ3v) is 6.66. The number of hydrogen-bond acceptors (Lipinski definition) is 3. The van der Waals surface area contributed by atoms with Crippen LogP contribution in [0.3, 0.4) is 0 Å². The van der Waals surface area contributed by atoms with Gasteiger partial charge in [-0.15, -0.1) is 0 Å². The van der Waals surface area contributed by atoms with Crippen molar-refractivity contribution >= 4 is 11.8 Å². The molecule has 0 radical (unpaired) electrons. The summed E-state index contributed by atoms with van der Waals surface area (Å²) >= 11 is 0. The second kappa shape index (κ2) is 11.4. The SMILES string of the molecule is CC(C)CC(=O)N1CCc2ccc(O[C@@H](C)C(=O)N(C)Cc3ccccc3)cc2[C@H]1c1ccccc1. The summed E-state index contributed by atoms with van der Waals surface area (Å²) in [6, 6.07) is 26.0. The minimum atomic E-state index is -0.630. The van der Waals surface area contributed by atoms with Gasteiger partial charge in [-0.2, -0.15) is 0 Å². The van der Waals surface area contributed by atoms with E-state index in [0.717, 1.165) is 23.1 Å². The lowest BCUT2D eigenvalue weighted by molar-refractivity contribution is -0.137. The summed E-state index contributed by atoms with van der Waals surface area (Å²) in [5, 5.41) is 0. The minimum Gasteiger partial charge on any atom is -0.481 e. The first-order valence-corrected chi connectivity index (χ1v) is 12.8. The van der Waals surface area contributed by atoms with Crippen molar-refractivity contribution in [1.29, 1.82) is 0 Å². The molecule has 1 aliphatic rings. The zero-order valence-electron chi connectivity index (χ0n) is 21.7. The highest BCUT2D eigenvalue weighted by atomic mass is 16.5. The minimum absolute atomic E-state index is 0.0788. The molecule has 1 heterocycles. The number of hydrogen-bond donors (Lipinski definition) is 0. The van der Waals surface area contributed by atoms with Crippen molar-refractivity contribution in [3.8, 4) is 5.75 Å². The summed E-state index contributed by atoms with van der Waals surface area (Å²) in [5.41, 5.74) is 4.44. The van der Waals surface area contributed by atoms with E-state index in [-0.39, 0.29) is 17.9 Å². The number of benzene rings is 3. The van der Waals surface area contributed by atoms with Crippen LogP contribution in [0.4, 0.5) is 0 Å². The lowest BCUT2D eigenvalue weighted by atomic mass is 9.87. The third-order valence-electron chi connectivity index (χ3n) is 6.66.